The number of ether oxygens (including phenoxy) is 3. The Bertz CT molecular complexity index is 342. The molecule has 5 heteroatoms. The molecule has 0 aliphatic heterocycles. The number of hydrogen-bond donors (Lipinski definition) is 1. The lowest BCUT2D eigenvalue weighted by Crippen LogP contribution is -2.07. The number of nitrogens with two attached hydrogens (primary N) is 1. The highest BCUT2D eigenvalue weighted by Gasteiger charge is 2.13. The summed E-state index contributed by atoms with van der Waals surface area (Å²) in [6.07, 6.45) is 0. The van der Waals surface area contributed by atoms with Crippen LogP contribution in [0.15, 0.2) is 12.1 Å². The lowest BCUT2D eigenvalue weighted by molar-refractivity contribution is 0.346. The van der Waals surface area contributed by atoms with Gasteiger partial charge < -0.3 is 19.9 Å². The SMILES string of the molecule is COc1cc(OC)c([C@H](C)N)cc1OC.Cl. The molecule has 0 radical (unpaired) electrons. The van der Waals surface area contributed by atoms with E-state index < -0.39 is 0 Å². The normalized spacial score (nSPS) is 11.3. The fourth-order valence-corrected chi connectivity index (χ4v) is 1.41. The van der Waals surface area contributed by atoms with Gasteiger partial charge in [-0.1, -0.05) is 0 Å². The van der Waals surface area contributed by atoms with Gasteiger partial charge in [0.05, 0.1) is 21.3 Å². The van der Waals surface area contributed by atoms with Crippen molar-refractivity contribution < 1.29 is 14.2 Å². The molecule has 0 bridgehead atoms. The predicted molar refractivity (Wildman–Crippen MR) is 65.9 cm³/mol. The van der Waals surface area contributed by atoms with Crippen LogP contribution in [0.3, 0.4) is 0 Å². The van der Waals surface area contributed by atoms with Crippen molar-refractivity contribution >= 4 is 12.4 Å². The Hall–Kier alpha value is -1.13. The van der Waals surface area contributed by atoms with E-state index in [1.165, 1.54) is 0 Å². The molecule has 4 nitrogen and oxygen atoms in total. The molecule has 0 aliphatic rings. The van der Waals surface area contributed by atoms with Crippen molar-refractivity contribution in [2.24, 2.45) is 5.73 Å². The van der Waals surface area contributed by atoms with Gasteiger partial charge in [0.1, 0.15) is 5.75 Å². The summed E-state index contributed by atoms with van der Waals surface area (Å²) < 4.78 is 15.6. The maximum atomic E-state index is 5.83. The number of benzene rings is 1. The van der Waals surface area contributed by atoms with E-state index in [-0.39, 0.29) is 18.4 Å². The molecular weight excluding hydrogens is 230 g/mol. The van der Waals surface area contributed by atoms with Gasteiger partial charge in [0.15, 0.2) is 11.5 Å². The van der Waals surface area contributed by atoms with Gasteiger partial charge in [-0.05, 0) is 13.0 Å². The minimum absolute atomic E-state index is 0. The third-order valence-corrected chi connectivity index (χ3v) is 2.23. The number of methoxy groups -OCH3 is 3. The van der Waals surface area contributed by atoms with Gasteiger partial charge in [0.2, 0.25) is 0 Å². The Morgan fingerprint density at radius 2 is 1.38 bits per heavy atom. The highest BCUT2D eigenvalue weighted by molar-refractivity contribution is 5.85. The summed E-state index contributed by atoms with van der Waals surface area (Å²) in [5, 5.41) is 0. The van der Waals surface area contributed by atoms with E-state index in [1.54, 1.807) is 27.4 Å². The largest absolute Gasteiger partial charge is 0.496 e. The second-order valence-corrected chi connectivity index (χ2v) is 3.24. The first-order valence-electron chi connectivity index (χ1n) is 4.69. The second-order valence-electron chi connectivity index (χ2n) is 3.24. The molecule has 0 spiro atoms. The Morgan fingerprint density at radius 1 is 0.938 bits per heavy atom. The van der Waals surface area contributed by atoms with Crippen molar-refractivity contribution in [3.8, 4) is 17.2 Å². The Morgan fingerprint density at radius 3 is 1.75 bits per heavy atom. The predicted octanol–water partition coefficient (Wildman–Crippen LogP) is 2.15. The van der Waals surface area contributed by atoms with Gasteiger partial charge in [0.25, 0.3) is 0 Å². The minimum Gasteiger partial charge on any atom is -0.496 e. The van der Waals surface area contributed by atoms with Crippen LogP contribution in [-0.2, 0) is 0 Å². The smallest absolute Gasteiger partial charge is 0.164 e. The van der Waals surface area contributed by atoms with E-state index in [9.17, 15) is 0 Å². The summed E-state index contributed by atoms with van der Waals surface area (Å²) in [6, 6.07) is 3.50. The maximum Gasteiger partial charge on any atom is 0.164 e. The van der Waals surface area contributed by atoms with Crippen molar-refractivity contribution in [3.05, 3.63) is 17.7 Å². The zero-order valence-corrected chi connectivity index (χ0v) is 10.8. The molecule has 0 unspecified atom stereocenters. The number of halogens is 1. The van der Waals surface area contributed by atoms with E-state index in [0.717, 1.165) is 5.56 Å². The van der Waals surface area contributed by atoms with E-state index in [0.29, 0.717) is 17.2 Å². The van der Waals surface area contributed by atoms with E-state index >= 15 is 0 Å². The van der Waals surface area contributed by atoms with Crippen molar-refractivity contribution in [2.75, 3.05) is 21.3 Å². The molecule has 0 amide bonds. The average Bonchev–Trinajstić information content (AvgIpc) is 2.26. The minimum atomic E-state index is -0.111. The van der Waals surface area contributed by atoms with Crippen molar-refractivity contribution in [3.63, 3.8) is 0 Å². The summed E-state index contributed by atoms with van der Waals surface area (Å²) in [6.45, 7) is 1.89. The van der Waals surface area contributed by atoms with Gasteiger partial charge in [-0.15, -0.1) is 12.4 Å². The molecule has 1 rings (SSSR count). The van der Waals surface area contributed by atoms with Crippen LogP contribution in [0, 0.1) is 0 Å². The lowest BCUT2D eigenvalue weighted by atomic mass is 10.1. The molecule has 92 valence electrons. The van der Waals surface area contributed by atoms with Gasteiger partial charge in [-0.2, -0.15) is 0 Å². The first-order valence-corrected chi connectivity index (χ1v) is 4.69. The summed E-state index contributed by atoms with van der Waals surface area (Å²) in [7, 11) is 4.78. The van der Waals surface area contributed by atoms with Crippen LogP contribution < -0.4 is 19.9 Å². The van der Waals surface area contributed by atoms with Gasteiger partial charge in [-0.25, -0.2) is 0 Å². The second kappa shape index (κ2) is 6.45. The Kier molecular flexibility index (Phi) is 6.00. The standard InChI is InChI=1S/C11H17NO3.ClH/c1-7(12)8-5-10(14-3)11(15-4)6-9(8)13-2;/h5-7H,12H2,1-4H3;1H/t7-;/m0./s1. The highest BCUT2D eigenvalue weighted by atomic mass is 35.5. The number of hydrogen-bond acceptors (Lipinski definition) is 4. The maximum absolute atomic E-state index is 5.83. The molecule has 0 aromatic heterocycles. The van der Waals surface area contributed by atoms with Crippen LogP contribution in [-0.4, -0.2) is 21.3 Å². The average molecular weight is 248 g/mol. The third kappa shape index (κ3) is 2.93. The molecule has 0 fully saturated rings. The summed E-state index contributed by atoms with van der Waals surface area (Å²) in [5.41, 5.74) is 6.73. The molecule has 1 atom stereocenters. The molecule has 0 saturated carbocycles. The first kappa shape index (κ1) is 14.9. The molecule has 0 saturated heterocycles. The zero-order valence-electron chi connectivity index (χ0n) is 9.94. The molecule has 1 aromatic rings. The van der Waals surface area contributed by atoms with Crippen LogP contribution in [0.4, 0.5) is 0 Å². The molecule has 1 aromatic carbocycles. The fraction of sp³-hybridized carbons (Fsp3) is 0.455. The molecule has 0 heterocycles. The molecule has 2 N–H and O–H groups in total. The van der Waals surface area contributed by atoms with Crippen LogP contribution in [0.5, 0.6) is 17.2 Å². The van der Waals surface area contributed by atoms with E-state index in [1.807, 2.05) is 13.0 Å². The van der Waals surface area contributed by atoms with Crippen molar-refractivity contribution in [2.45, 2.75) is 13.0 Å². The topological polar surface area (TPSA) is 53.7 Å². The highest BCUT2D eigenvalue weighted by Crippen LogP contribution is 2.36. The molecule has 16 heavy (non-hydrogen) atoms. The monoisotopic (exact) mass is 247 g/mol. The number of rotatable bonds is 4. The van der Waals surface area contributed by atoms with Gasteiger partial charge in [-0.3, -0.25) is 0 Å². The van der Waals surface area contributed by atoms with E-state index in [2.05, 4.69) is 0 Å². The van der Waals surface area contributed by atoms with E-state index in [4.69, 9.17) is 19.9 Å². The fourth-order valence-electron chi connectivity index (χ4n) is 1.41. The summed E-state index contributed by atoms with van der Waals surface area (Å²) in [4.78, 5) is 0. The van der Waals surface area contributed by atoms with Gasteiger partial charge >= 0.3 is 0 Å². The Balaban J connectivity index is 0.00000225. The molecule has 0 aliphatic carbocycles. The van der Waals surface area contributed by atoms with Crippen molar-refractivity contribution in [1.29, 1.82) is 0 Å². The molecular formula is C11H18ClNO3. The first-order chi connectivity index (χ1) is 7.13. The summed E-state index contributed by atoms with van der Waals surface area (Å²) >= 11 is 0. The Labute approximate surface area is 102 Å². The lowest BCUT2D eigenvalue weighted by Gasteiger charge is -2.15. The van der Waals surface area contributed by atoms with Crippen LogP contribution in [0.25, 0.3) is 0 Å². The van der Waals surface area contributed by atoms with Crippen LogP contribution in [0.1, 0.15) is 18.5 Å². The van der Waals surface area contributed by atoms with Gasteiger partial charge in [0, 0.05) is 17.7 Å². The zero-order chi connectivity index (χ0) is 11.4. The quantitative estimate of drug-likeness (QED) is 0.886. The van der Waals surface area contributed by atoms with Crippen LogP contribution in [0.2, 0.25) is 0 Å². The summed E-state index contributed by atoms with van der Waals surface area (Å²) in [5.74, 6) is 2.01. The van der Waals surface area contributed by atoms with Crippen LogP contribution >= 0.6 is 12.4 Å². The third-order valence-electron chi connectivity index (χ3n) is 2.23. The van der Waals surface area contributed by atoms with Crippen molar-refractivity contribution in [1.82, 2.24) is 0 Å².